The predicted octanol–water partition coefficient (Wildman–Crippen LogP) is 3.17. The van der Waals surface area contributed by atoms with Gasteiger partial charge in [-0.1, -0.05) is 34.1 Å². The standard InChI is InChI=1S/C15H26O3/c1-10(2)9-17-12-8-13(15(12,3)4)18-14(16)11-6-5-7-11/h10-13H,5-9H2,1-4H3/t12-,13+/m0/s1. The van der Waals surface area contributed by atoms with E-state index in [0.29, 0.717) is 5.92 Å². The molecule has 0 radical (unpaired) electrons. The summed E-state index contributed by atoms with van der Waals surface area (Å²) in [6.45, 7) is 9.37. The fraction of sp³-hybridized carbons (Fsp3) is 0.933. The first kappa shape index (κ1) is 13.9. The highest BCUT2D eigenvalue weighted by Gasteiger charge is 2.52. The lowest BCUT2D eigenvalue weighted by atomic mass is 9.66. The molecule has 2 rings (SSSR count). The molecule has 2 fully saturated rings. The number of carbonyl (C=O) groups excluding carboxylic acids is 1. The van der Waals surface area contributed by atoms with Crippen LogP contribution in [0.4, 0.5) is 0 Å². The van der Waals surface area contributed by atoms with Crippen LogP contribution in [0.15, 0.2) is 0 Å². The Morgan fingerprint density at radius 3 is 2.39 bits per heavy atom. The number of carbonyl (C=O) groups is 1. The average Bonchev–Trinajstić information content (AvgIpc) is 2.19. The second kappa shape index (κ2) is 5.20. The second-order valence-electron chi connectivity index (χ2n) is 6.83. The van der Waals surface area contributed by atoms with Gasteiger partial charge in [0, 0.05) is 18.4 Å². The molecule has 18 heavy (non-hydrogen) atoms. The van der Waals surface area contributed by atoms with Crippen LogP contribution in [0.1, 0.15) is 53.4 Å². The summed E-state index contributed by atoms with van der Waals surface area (Å²) in [6.07, 6.45) is 4.34. The molecule has 2 saturated carbocycles. The number of hydrogen-bond donors (Lipinski definition) is 0. The fourth-order valence-electron chi connectivity index (χ4n) is 2.52. The monoisotopic (exact) mass is 254 g/mol. The summed E-state index contributed by atoms with van der Waals surface area (Å²) < 4.78 is 11.5. The minimum absolute atomic E-state index is 0.0154. The SMILES string of the molecule is CC(C)CO[C@H]1C[C@@H](OC(=O)C2CCC2)C1(C)C. The van der Waals surface area contributed by atoms with Crippen LogP contribution in [0, 0.1) is 17.3 Å². The van der Waals surface area contributed by atoms with Crippen molar-refractivity contribution in [3.8, 4) is 0 Å². The number of hydrogen-bond acceptors (Lipinski definition) is 3. The van der Waals surface area contributed by atoms with Crippen LogP contribution in [-0.4, -0.2) is 24.8 Å². The van der Waals surface area contributed by atoms with Gasteiger partial charge in [0.25, 0.3) is 0 Å². The van der Waals surface area contributed by atoms with E-state index in [-0.39, 0.29) is 29.5 Å². The van der Waals surface area contributed by atoms with Crippen molar-refractivity contribution in [1.82, 2.24) is 0 Å². The van der Waals surface area contributed by atoms with E-state index < -0.39 is 0 Å². The van der Waals surface area contributed by atoms with E-state index in [4.69, 9.17) is 9.47 Å². The molecule has 2 aliphatic carbocycles. The highest BCUT2D eigenvalue weighted by Crippen LogP contribution is 2.45. The summed E-state index contributed by atoms with van der Waals surface area (Å²) in [6, 6.07) is 0. The molecular weight excluding hydrogens is 228 g/mol. The summed E-state index contributed by atoms with van der Waals surface area (Å²) >= 11 is 0. The molecule has 0 aromatic rings. The maximum atomic E-state index is 11.8. The van der Waals surface area contributed by atoms with Crippen LogP contribution in [0.2, 0.25) is 0 Å². The molecule has 0 heterocycles. The van der Waals surface area contributed by atoms with Crippen molar-refractivity contribution in [3.05, 3.63) is 0 Å². The molecule has 2 aliphatic rings. The molecule has 104 valence electrons. The lowest BCUT2D eigenvalue weighted by Crippen LogP contribution is -2.57. The second-order valence-corrected chi connectivity index (χ2v) is 6.83. The minimum Gasteiger partial charge on any atom is -0.461 e. The summed E-state index contributed by atoms with van der Waals surface area (Å²) in [7, 11) is 0. The summed E-state index contributed by atoms with van der Waals surface area (Å²) in [4.78, 5) is 11.8. The van der Waals surface area contributed by atoms with E-state index in [0.717, 1.165) is 25.9 Å². The molecule has 3 heteroatoms. The quantitative estimate of drug-likeness (QED) is 0.707. The number of ether oxygens (including phenoxy) is 2. The Hall–Kier alpha value is -0.570. The fourth-order valence-corrected chi connectivity index (χ4v) is 2.52. The third kappa shape index (κ3) is 2.71. The van der Waals surface area contributed by atoms with E-state index >= 15 is 0 Å². The lowest BCUT2D eigenvalue weighted by molar-refractivity contribution is -0.209. The molecule has 2 atom stereocenters. The maximum Gasteiger partial charge on any atom is 0.309 e. The van der Waals surface area contributed by atoms with Crippen molar-refractivity contribution in [3.63, 3.8) is 0 Å². The summed E-state index contributed by atoms with van der Waals surface area (Å²) in [5.74, 6) is 0.746. The molecular formula is C15H26O3. The van der Waals surface area contributed by atoms with Crippen LogP contribution >= 0.6 is 0 Å². The van der Waals surface area contributed by atoms with Crippen molar-refractivity contribution in [2.45, 2.75) is 65.6 Å². The zero-order valence-corrected chi connectivity index (χ0v) is 12.1. The van der Waals surface area contributed by atoms with Crippen LogP contribution in [-0.2, 0) is 14.3 Å². The van der Waals surface area contributed by atoms with Crippen LogP contribution in [0.5, 0.6) is 0 Å². The third-order valence-corrected chi connectivity index (χ3v) is 4.42. The Balaban J connectivity index is 1.77. The molecule has 0 spiro atoms. The van der Waals surface area contributed by atoms with E-state index in [1.165, 1.54) is 6.42 Å². The highest BCUT2D eigenvalue weighted by molar-refractivity contribution is 5.73. The van der Waals surface area contributed by atoms with E-state index in [2.05, 4.69) is 27.7 Å². The Morgan fingerprint density at radius 1 is 1.28 bits per heavy atom. The first-order chi connectivity index (χ1) is 8.41. The van der Waals surface area contributed by atoms with Crippen molar-refractivity contribution in [2.24, 2.45) is 17.3 Å². The topological polar surface area (TPSA) is 35.5 Å². The van der Waals surface area contributed by atoms with Crippen molar-refractivity contribution in [2.75, 3.05) is 6.61 Å². The first-order valence-electron chi connectivity index (χ1n) is 7.23. The number of esters is 1. The van der Waals surface area contributed by atoms with Crippen LogP contribution < -0.4 is 0 Å². The smallest absolute Gasteiger partial charge is 0.309 e. The maximum absolute atomic E-state index is 11.8. The van der Waals surface area contributed by atoms with Gasteiger partial charge in [0.15, 0.2) is 0 Å². The molecule has 3 nitrogen and oxygen atoms in total. The van der Waals surface area contributed by atoms with Crippen LogP contribution in [0.25, 0.3) is 0 Å². The first-order valence-corrected chi connectivity index (χ1v) is 7.23. The molecule has 0 aliphatic heterocycles. The van der Waals surface area contributed by atoms with Gasteiger partial charge in [-0.05, 0) is 18.8 Å². The molecule has 0 aromatic heterocycles. The van der Waals surface area contributed by atoms with Crippen LogP contribution in [0.3, 0.4) is 0 Å². The van der Waals surface area contributed by atoms with Gasteiger partial charge in [-0.3, -0.25) is 4.79 Å². The van der Waals surface area contributed by atoms with Gasteiger partial charge in [0.1, 0.15) is 6.10 Å². The molecule has 0 aromatic carbocycles. The lowest BCUT2D eigenvalue weighted by Gasteiger charge is -2.51. The normalized spacial score (nSPS) is 30.7. The van der Waals surface area contributed by atoms with E-state index in [1.54, 1.807) is 0 Å². The number of rotatable bonds is 5. The largest absolute Gasteiger partial charge is 0.461 e. The van der Waals surface area contributed by atoms with Crippen molar-refractivity contribution >= 4 is 5.97 Å². The van der Waals surface area contributed by atoms with Gasteiger partial charge in [0.2, 0.25) is 0 Å². The molecule has 0 saturated heterocycles. The predicted molar refractivity (Wildman–Crippen MR) is 70.2 cm³/mol. The Bertz CT molecular complexity index is 305. The third-order valence-electron chi connectivity index (χ3n) is 4.42. The Morgan fingerprint density at radius 2 is 1.94 bits per heavy atom. The van der Waals surface area contributed by atoms with Crippen molar-refractivity contribution < 1.29 is 14.3 Å². The Kier molecular flexibility index (Phi) is 4.00. The summed E-state index contributed by atoms with van der Waals surface area (Å²) in [5.41, 5.74) is -0.0334. The van der Waals surface area contributed by atoms with Gasteiger partial charge in [-0.15, -0.1) is 0 Å². The van der Waals surface area contributed by atoms with E-state index in [1.807, 2.05) is 0 Å². The zero-order chi connectivity index (χ0) is 13.3. The van der Waals surface area contributed by atoms with Gasteiger partial charge in [-0.25, -0.2) is 0 Å². The zero-order valence-electron chi connectivity index (χ0n) is 12.1. The average molecular weight is 254 g/mol. The van der Waals surface area contributed by atoms with Gasteiger partial charge in [-0.2, -0.15) is 0 Å². The summed E-state index contributed by atoms with van der Waals surface area (Å²) in [5, 5.41) is 0. The minimum atomic E-state index is -0.0334. The molecule has 0 amide bonds. The van der Waals surface area contributed by atoms with Gasteiger partial charge in [0.05, 0.1) is 12.0 Å². The highest BCUT2D eigenvalue weighted by atomic mass is 16.6. The Labute approximate surface area is 110 Å². The van der Waals surface area contributed by atoms with E-state index in [9.17, 15) is 4.79 Å². The van der Waals surface area contributed by atoms with Crippen molar-refractivity contribution in [1.29, 1.82) is 0 Å². The van der Waals surface area contributed by atoms with Gasteiger partial charge >= 0.3 is 5.97 Å². The molecule has 0 N–H and O–H groups in total. The molecule has 0 bridgehead atoms. The molecule has 0 unspecified atom stereocenters. The van der Waals surface area contributed by atoms with Gasteiger partial charge < -0.3 is 9.47 Å².